The highest BCUT2D eigenvalue weighted by molar-refractivity contribution is 5.85. The van der Waals surface area contributed by atoms with Crippen LogP contribution in [0.2, 0.25) is 0 Å². The summed E-state index contributed by atoms with van der Waals surface area (Å²) in [6.07, 6.45) is 4.24. The second-order valence-corrected chi connectivity index (χ2v) is 5.86. The summed E-state index contributed by atoms with van der Waals surface area (Å²) in [6.45, 7) is 0.924. The normalized spacial score (nSPS) is 26.1. The Hall–Kier alpha value is -0.770. The van der Waals surface area contributed by atoms with Crippen molar-refractivity contribution >= 4 is 12.4 Å². The molecule has 0 aromatic heterocycles. The molecule has 0 spiro atoms. The highest BCUT2D eigenvalue weighted by Gasteiger charge is 2.40. The predicted molar refractivity (Wildman–Crippen MR) is 83.3 cm³/mol. The van der Waals surface area contributed by atoms with E-state index in [1.54, 1.807) is 7.11 Å². The van der Waals surface area contributed by atoms with Crippen LogP contribution in [0.5, 0.6) is 5.75 Å². The molecule has 3 nitrogen and oxygen atoms in total. The van der Waals surface area contributed by atoms with Crippen LogP contribution in [-0.4, -0.2) is 37.8 Å². The summed E-state index contributed by atoms with van der Waals surface area (Å²) in [7, 11) is 5.81. The zero-order valence-electron chi connectivity index (χ0n) is 12.6. The van der Waals surface area contributed by atoms with Gasteiger partial charge in [-0.2, -0.15) is 0 Å². The predicted octanol–water partition coefficient (Wildman–Crippen LogP) is 3.32. The van der Waals surface area contributed by atoms with E-state index in [0.29, 0.717) is 5.92 Å². The van der Waals surface area contributed by atoms with Gasteiger partial charge in [0.15, 0.2) is 0 Å². The molecule has 0 bridgehead atoms. The van der Waals surface area contributed by atoms with Gasteiger partial charge in [0, 0.05) is 24.9 Å². The van der Waals surface area contributed by atoms with Crippen molar-refractivity contribution in [2.24, 2.45) is 5.92 Å². The molecule has 2 atom stereocenters. The van der Waals surface area contributed by atoms with Crippen LogP contribution < -0.4 is 4.74 Å². The third-order valence-corrected chi connectivity index (χ3v) is 4.19. The minimum atomic E-state index is -0.711. The van der Waals surface area contributed by atoms with E-state index < -0.39 is 5.60 Å². The Balaban J connectivity index is 0.00000200. The average molecular weight is 299 g/mol. The van der Waals surface area contributed by atoms with E-state index in [4.69, 9.17) is 4.74 Å². The summed E-state index contributed by atoms with van der Waals surface area (Å²) >= 11 is 0. The molecule has 1 fully saturated rings. The topological polar surface area (TPSA) is 32.7 Å². The first-order valence-corrected chi connectivity index (χ1v) is 7.08. The van der Waals surface area contributed by atoms with Crippen LogP contribution in [0.4, 0.5) is 0 Å². The number of hydrogen-bond acceptors (Lipinski definition) is 3. The van der Waals surface area contributed by atoms with Gasteiger partial charge >= 0.3 is 0 Å². The zero-order valence-corrected chi connectivity index (χ0v) is 13.4. The van der Waals surface area contributed by atoms with Crippen LogP contribution in [-0.2, 0) is 5.60 Å². The number of nitrogens with zero attached hydrogens (tertiary/aromatic N) is 1. The quantitative estimate of drug-likeness (QED) is 0.925. The number of benzene rings is 1. The number of rotatable bonds is 4. The Morgan fingerprint density at radius 2 is 2.10 bits per heavy atom. The van der Waals surface area contributed by atoms with E-state index in [1.807, 2.05) is 24.3 Å². The van der Waals surface area contributed by atoms with Crippen LogP contribution in [0.15, 0.2) is 24.3 Å². The lowest BCUT2D eigenvalue weighted by molar-refractivity contribution is -0.0619. The van der Waals surface area contributed by atoms with E-state index in [1.165, 1.54) is 6.42 Å². The van der Waals surface area contributed by atoms with E-state index in [2.05, 4.69) is 19.0 Å². The van der Waals surface area contributed by atoms with E-state index in [0.717, 1.165) is 37.1 Å². The molecular formula is C16H25ClNO2. The van der Waals surface area contributed by atoms with Gasteiger partial charge < -0.3 is 14.7 Å². The van der Waals surface area contributed by atoms with Gasteiger partial charge in [0.2, 0.25) is 0 Å². The first-order valence-electron chi connectivity index (χ1n) is 7.08. The number of methoxy groups -OCH3 is 1. The van der Waals surface area contributed by atoms with Crippen molar-refractivity contribution in [1.82, 2.24) is 4.90 Å². The van der Waals surface area contributed by atoms with Gasteiger partial charge in [-0.3, -0.25) is 0 Å². The monoisotopic (exact) mass is 298 g/mol. The maximum Gasteiger partial charge on any atom is 0.119 e. The molecule has 0 aliphatic heterocycles. The highest BCUT2D eigenvalue weighted by Crippen LogP contribution is 2.42. The second-order valence-electron chi connectivity index (χ2n) is 5.86. The van der Waals surface area contributed by atoms with Crippen LogP contribution in [0.3, 0.4) is 0 Å². The molecule has 1 aliphatic carbocycles. The maximum absolute atomic E-state index is 11.2. The van der Waals surface area contributed by atoms with Crippen molar-refractivity contribution in [3.63, 3.8) is 0 Å². The van der Waals surface area contributed by atoms with Gasteiger partial charge in [-0.25, -0.2) is 0 Å². The van der Waals surface area contributed by atoms with Gasteiger partial charge in [-0.1, -0.05) is 25.0 Å². The SMILES string of the molecule is COc1cccc([C@]2(O)CCCC[C@@H]2CN(C)C)c1.[Cl]. The standard InChI is InChI=1S/C16H25NO2.Cl/c1-17(2)12-14-7-4-5-10-16(14,18)13-8-6-9-15(11-13)19-3;/h6,8-9,11,14,18H,4-5,7,10,12H2,1-3H3;/t14-,16-;/m1./s1. The Morgan fingerprint density at radius 1 is 1.35 bits per heavy atom. The van der Waals surface area contributed by atoms with Crippen molar-refractivity contribution in [3.05, 3.63) is 29.8 Å². The summed E-state index contributed by atoms with van der Waals surface area (Å²) in [5, 5.41) is 11.2. The van der Waals surface area contributed by atoms with Crippen molar-refractivity contribution in [2.45, 2.75) is 31.3 Å². The lowest BCUT2D eigenvalue weighted by Gasteiger charge is -2.41. The molecule has 0 amide bonds. The summed E-state index contributed by atoms with van der Waals surface area (Å²) in [4.78, 5) is 2.17. The number of aliphatic hydroxyl groups is 1. The molecule has 1 radical (unpaired) electrons. The molecule has 2 rings (SSSR count). The fraction of sp³-hybridized carbons (Fsp3) is 0.625. The molecule has 1 aromatic rings. The molecule has 1 saturated carbocycles. The van der Waals surface area contributed by atoms with Crippen LogP contribution >= 0.6 is 12.4 Å². The smallest absolute Gasteiger partial charge is 0.119 e. The summed E-state index contributed by atoms with van der Waals surface area (Å²) in [5.41, 5.74) is 0.287. The minimum Gasteiger partial charge on any atom is -0.497 e. The van der Waals surface area contributed by atoms with E-state index in [9.17, 15) is 5.11 Å². The lowest BCUT2D eigenvalue weighted by atomic mass is 9.71. The molecule has 0 heterocycles. The molecule has 20 heavy (non-hydrogen) atoms. The summed E-state index contributed by atoms with van der Waals surface area (Å²) in [6, 6.07) is 7.90. The fourth-order valence-electron chi connectivity index (χ4n) is 3.18. The van der Waals surface area contributed by atoms with Crippen LogP contribution in [0.25, 0.3) is 0 Å². The third-order valence-electron chi connectivity index (χ3n) is 4.19. The fourth-order valence-corrected chi connectivity index (χ4v) is 3.18. The van der Waals surface area contributed by atoms with Crippen molar-refractivity contribution in [2.75, 3.05) is 27.7 Å². The Morgan fingerprint density at radius 3 is 2.75 bits per heavy atom. The van der Waals surface area contributed by atoms with Gasteiger partial charge in [0.1, 0.15) is 5.75 Å². The van der Waals surface area contributed by atoms with Crippen LogP contribution in [0.1, 0.15) is 31.2 Å². The number of halogens is 1. The second kappa shape index (κ2) is 7.30. The Labute approximate surface area is 128 Å². The molecular weight excluding hydrogens is 274 g/mol. The highest BCUT2D eigenvalue weighted by atomic mass is 35.5. The number of hydrogen-bond donors (Lipinski definition) is 1. The van der Waals surface area contributed by atoms with Crippen molar-refractivity contribution in [3.8, 4) is 5.75 Å². The summed E-state index contributed by atoms with van der Waals surface area (Å²) < 4.78 is 5.29. The van der Waals surface area contributed by atoms with E-state index >= 15 is 0 Å². The molecule has 0 saturated heterocycles. The van der Waals surface area contributed by atoms with Crippen LogP contribution in [0, 0.1) is 5.92 Å². The van der Waals surface area contributed by atoms with Gasteiger partial charge in [0.25, 0.3) is 0 Å². The third kappa shape index (κ3) is 3.66. The maximum atomic E-state index is 11.2. The summed E-state index contributed by atoms with van der Waals surface area (Å²) in [5.74, 6) is 1.11. The molecule has 0 unspecified atom stereocenters. The average Bonchev–Trinajstić information content (AvgIpc) is 2.41. The lowest BCUT2D eigenvalue weighted by Crippen LogP contribution is -2.43. The largest absolute Gasteiger partial charge is 0.497 e. The first kappa shape index (κ1) is 17.3. The molecule has 113 valence electrons. The van der Waals surface area contributed by atoms with Crippen molar-refractivity contribution < 1.29 is 9.84 Å². The molecule has 1 aliphatic rings. The first-order chi connectivity index (χ1) is 9.06. The Bertz CT molecular complexity index is 425. The molecule has 4 heteroatoms. The van der Waals surface area contributed by atoms with Crippen molar-refractivity contribution in [1.29, 1.82) is 0 Å². The van der Waals surface area contributed by atoms with Gasteiger partial charge in [0.05, 0.1) is 12.7 Å². The van der Waals surface area contributed by atoms with Gasteiger partial charge in [-0.15, -0.1) is 0 Å². The number of ether oxygens (including phenoxy) is 1. The van der Waals surface area contributed by atoms with E-state index in [-0.39, 0.29) is 12.4 Å². The Kier molecular flexibility index (Phi) is 6.31. The minimum absolute atomic E-state index is 0. The zero-order chi connectivity index (χ0) is 13.9. The molecule has 1 N–H and O–H groups in total. The van der Waals surface area contributed by atoms with Gasteiger partial charge in [-0.05, 0) is 44.6 Å². The molecule has 1 aromatic carbocycles.